The highest BCUT2D eigenvalue weighted by Gasteiger charge is 2.42. The molecule has 0 unspecified atom stereocenters. The summed E-state index contributed by atoms with van der Waals surface area (Å²) in [4.78, 5) is 43.8. The van der Waals surface area contributed by atoms with E-state index in [2.05, 4.69) is 177 Å². The first-order chi connectivity index (χ1) is 35.9. The van der Waals surface area contributed by atoms with Crippen LogP contribution in [-0.4, -0.2) is 35.8 Å². The van der Waals surface area contributed by atoms with Gasteiger partial charge >= 0.3 is 0 Å². The van der Waals surface area contributed by atoms with Crippen LogP contribution in [0.4, 0.5) is 22.7 Å². The maximum atomic E-state index is 11.5. The molecule has 0 atom stereocenters. The van der Waals surface area contributed by atoms with Gasteiger partial charge in [0.2, 0.25) is 0 Å². The van der Waals surface area contributed by atoms with Crippen molar-refractivity contribution < 1.29 is 19.7 Å². The van der Waals surface area contributed by atoms with Gasteiger partial charge in [-0.25, -0.2) is 0 Å². The van der Waals surface area contributed by atoms with E-state index in [1.807, 2.05) is 0 Å². The molecular formula is C62H58N4O8Si2. The van der Waals surface area contributed by atoms with Crippen LogP contribution in [0.3, 0.4) is 0 Å². The molecule has 4 aromatic carbocycles. The maximum Gasteiger partial charge on any atom is 0.269 e. The van der Waals surface area contributed by atoms with Gasteiger partial charge < -0.3 is 0 Å². The molecule has 382 valence electrons. The summed E-state index contributed by atoms with van der Waals surface area (Å²) in [5, 5.41) is 45.8. The largest absolute Gasteiger partial charge is 0.269 e. The van der Waals surface area contributed by atoms with Crippen molar-refractivity contribution in [3.05, 3.63) is 182 Å². The van der Waals surface area contributed by atoms with Crippen LogP contribution in [0.25, 0.3) is 0 Å². The Morgan fingerprint density at radius 3 is 0.671 bits per heavy atom. The summed E-state index contributed by atoms with van der Waals surface area (Å²) in [5.74, 6) is 44.0. The number of non-ortho nitro benzene ring substituents is 4. The molecule has 4 aromatic rings. The Labute approximate surface area is 448 Å². The Morgan fingerprint density at radius 2 is 0.500 bits per heavy atom. The van der Waals surface area contributed by atoms with E-state index in [-0.39, 0.29) is 78.3 Å². The first-order valence-electron chi connectivity index (χ1n) is 24.6. The number of hydrogen-bond donors (Lipinski definition) is 0. The van der Waals surface area contributed by atoms with Gasteiger partial charge in [0.15, 0.2) is 0 Å². The van der Waals surface area contributed by atoms with Gasteiger partial charge in [0.25, 0.3) is 22.7 Å². The maximum absolute atomic E-state index is 11.5. The topological polar surface area (TPSA) is 173 Å². The number of nitro groups is 4. The second kappa shape index (κ2) is 27.2. The van der Waals surface area contributed by atoms with Crippen LogP contribution >= 0.6 is 0 Å². The first-order valence-corrected chi connectivity index (χ1v) is 29.0. The summed E-state index contributed by atoms with van der Waals surface area (Å²) < 4.78 is 0. The van der Waals surface area contributed by atoms with Crippen molar-refractivity contribution in [2.24, 2.45) is 0 Å². The predicted octanol–water partition coefficient (Wildman–Crippen LogP) is 13.9. The van der Waals surface area contributed by atoms with Crippen LogP contribution < -0.4 is 0 Å². The first kappa shape index (κ1) is 59.4. The number of hydrogen-bond acceptors (Lipinski definition) is 8. The highest BCUT2D eigenvalue weighted by Crippen LogP contribution is 2.42. The third kappa shape index (κ3) is 15.7. The molecule has 4 rings (SSSR count). The molecule has 0 spiro atoms. The Bertz CT molecular complexity index is 3040. The molecule has 0 saturated heterocycles. The molecule has 0 heterocycles. The summed E-state index contributed by atoms with van der Waals surface area (Å²) >= 11 is 0. The fourth-order valence-electron chi connectivity index (χ4n) is 9.22. The van der Waals surface area contributed by atoms with E-state index in [4.69, 9.17) is 0 Å². The minimum Gasteiger partial charge on any atom is -0.258 e. The van der Waals surface area contributed by atoms with E-state index in [0.29, 0.717) is 22.3 Å². The fourth-order valence-corrected chi connectivity index (χ4v) is 19.6. The lowest BCUT2D eigenvalue weighted by Gasteiger charge is -2.38. The summed E-state index contributed by atoms with van der Waals surface area (Å²) in [6.45, 7) is 26.2. The quantitative estimate of drug-likeness (QED) is 0.0653. The molecule has 14 heteroatoms. The Kier molecular flexibility index (Phi) is 21.3. The van der Waals surface area contributed by atoms with E-state index in [1.54, 1.807) is 0 Å². The van der Waals surface area contributed by atoms with Gasteiger partial charge in [0, 0.05) is 70.8 Å². The second-order valence-electron chi connectivity index (χ2n) is 19.5. The number of rotatable bonds is 10. The molecule has 0 amide bonds. The standard InChI is InChI=1S/C62H58N4O8Si2/c1-45(2)75(46(3)4,47(5)6)43-41-55(57(29-17-51-21-33-59(34-22-51)63(67)68)30-18-52-23-35-60(36-24-52)64(69)70)15-13-14-16-56(42-44-76(48(7)8,49(9)10)50(11)12)58(31-19-53-25-37-61(38-26-53)65(71)72)32-20-54-27-39-62(40-28-54)66(73)74/h21-28,33-40,45-50H,1-12H3. The van der Waals surface area contributed by atoms with Crippen molar-refractivity contribution in [2.45, 2.75) is 116 Å². The molecule has 0 aliphatic rings. The zero-order chi connectivity index (χ0) is 56.3. The molecule has 76 heavy (non-hydrogen) atoms. The zero-order valence-corrected chi connectivity index (χ0v) is 46.8. The van der Waals surface area contributed by atoms with E-state index >= 15 is 0 Å². The van der Waals surface area contributed by atoms with Crippen LogP contribution in [0, 0.1) is 134 Å². The molecule has 0 saturated carbocycles. The number of benzene rings is 4. The summed E-state index contributed by atoms with van der Waals surface area (Å²) in [5.41, 5.74) is 11.3. The van der Waals surface area contributed by atoms with E-state index in [9.17, 15) is 40.5 Å². The van der Waals surface area contributed by atoms with Crippen molar-refractivity contribution in [1.82, 2.24) is 0 Å². The molecule has 0 radical (unpaired) electrons. The van der Waals surface area contributed by atoms with E-state index in [0.717, 1.165) is 0 Å². The van der Waals surface area contributed by atoms with Crippen LogP contribution in [0.1, 0.15) is 105 Å². The molecule has 0 bridgehead atoms. The third-order valence-electron chi connectivity index (χ3n) is 13.1. The van der Waals surface area contributed by atoms with Crippen molar-refractivity contribution in [3.8, 4) is 94.0 Å². The molecule has 0 aliphatic carbocycles. The van der Waals surface area contributed by atoms with Gasteiger partial charge in [0.05, 0.1) is 42.0 Å². The average molecular weight is 1040 g/mol. The Hall–Kier alpha value is -9.13. The van der Waals surface area contributed by atoms with Crippen molar-refractivity contribution in [3.63, 3.8) is 0 Å². The summed E-state index contributed by atoms with van der Waals surface area (Å²) in [7, 11) is -4.83. The second-order valence-corrected chi connectivity index (χ2v) is 30.7. The lowest BCUT2D eigenvalue weighted by molar-refractivity contribution is -0.385. The third-order valence-corrected chi connectivity index (χ3v) is 25.7. The number of nitrogens with zero attached hydrogens (tertiary/aromatic N) is 4. The zero-order valence-electron chi connectivity index (χ0n) is 44.8. The van der Waals surface area contributed by atoms with Crippen molar-refractivity contribution >= 4 is 38.9 Å². The minimum atomic E-state index is -2.42. The number of nitro benzene ring substituents is 4. The molecule has 0 aromatic heterocycles. The van der Waals surface area contributed by atoms with Gasteiger partial charge in [-0.05, 0) is 105 Å². The van der Waals surface area contributed by atoms with Gasteiger partial charge in [-0.15, -0.1) is 11.1 Å². The summed E-state index contributed by atoms with van der Waals surface area (Å²) in [6, 6.07) is 23.0. The predicted molar refractivity (Wildman–Crippen MR) is 307 cm³/mol. The molecule has 0 fully saturated rings. The number of allylic oxidation sites excluding steroid dienone is 4. The van der Waals surface area contributed by atoms with E-state index in [1.165, 1.54) is 97.1 Å². The fraction of sp³-hybridized carbons (Fsp3) is 0.290. The van der Waals surface area contributed by atoms with Gasteiger partial charge in [-0.1, -0.05) is 142 Å². The monoisotopic (exact) mass is 1040 g/mol. The van der Waals surface area contributed by atoms with Crippen LogP contribution in [0.5, 0.6) is 0 Å². The lowest BCUT2D eigenvalue weighted by atomic mass is 10.1. The highest BCUT2D eigenvalue weighted by molar-refractivity contribution is 6.91. The van der Waals surface area contributed by atoms with Gasteiger partial charge in [-0.2, -0.15) is 0 Å². The minimum absolute atomic E-state index is 0.103. The summed E-state index contributed by atoms with van der Waals surface area (Å²) in [6.07, 6.45) is 0. The van der Waals surface area contributed by atoms with Crippen LogP contribution in [0.15, 0.2) is 119 Å². The Morgan fingerprint density at radius 1 is 0.316 bits per heavy atom. The lowest BCUT2D eigenvalue weighted by Crippen LogP contribution is -2.43. The van der Waals surface area contributed by atoms with E-state index < -0.39 is 35.8 Å². The van der Waals surface area contributed by atoms with Crippen LogP contribution in [0.2, 0.25) is 33.2 Å². The molecule has 0 N–H and O–H groups in total. The van der Waals surface area contributed by atoms with Crippen molar-refractivity contribution in [1.29, 1.82) is 0 Å². The average Bonchev–Trinajstić information content (AvgIpc) is 3.37. The van der Waals surface area contributed by atoms with Gasteiger partial charge in [-0.3, -0.25) is 40.5 Å². The highest BCUT2D eigenvalue weighted by atomic mass is 28.3. The van der Waals surface area contributed by atoms with Gasteiger partial charge in [0.1, 0.15) is 16.1 Å². The van der Waals surface area contributed by atoms with Crippen molar-refractivity contribution in [2.75, 3.05) is 0 Å². The SMILES string of the molecule is CC(C)[Si](C#CC(C#CC#CC(C#C[Si](C(C)C)(C(C)C)C(C)C)=C(C#Cc1ccc([N+](=O)[O-])cc1)C#Cc1ccc([N+](=O)[O-])cc1)=C(C#Cc1ccc([N+](=O)[O-])cc1)C#Cc1ccc([N+](=O)[O-])cc1)(C(C)C)C(C)C. The molecule has 0 aliphatic heterocycles. The normalized spacial score (nSPS) is 10.4. The molecular weight excluding hydrogens is 985 g/mol. The Balaban J connectivity index is 2.22. The van der Waals surface area contributed by atoms with Crippen LogP contribution in [-0.2, 0) is 0 Å². The smallest absolute Gasteiger partial charge is 0.258 e. The molecule has 12 nitrogen and oxygen atoms in total.